The molecule has 0 aromatic heterocycles. The van der Waals surface area contributed by atoms with Gasteiger partial charge >= 0.3 is 7.12 Å². The molecular formula is C134H120BBrO6P4Pd. The van der Waals surface area contributed by atoms with Crippen molar-refractivity contribution in [2.45, 2.75) is 89.3 Å². The quantitative estimate of drug-likeness (QED) is 0.0345. The van der Waals surface area contributed by atoms with Gasteiger partial charge in [-0.1, -0.05) is 501 Å². The van der Waals surface area contributed by atoms with Crippen LogP contribution in [-0.2, 0) is 66.2 Å². The molecule has 13 heteroatoms. The van der Waals surface area contributed by atoms with Gasteiger partial charge in [0.05, 0.1) is 11.2 Å². The fourth-order valence-corrected chi connectivity index (χ4v) is 27.9. The second kappa shape index (κ2) is 51.2. The molecule has 0 atom stereocenters. The Morgan fingerprint density at radius 3 is 0.585 bits per heavy atom. The molecule has 147 heavy (non-hydrogen) atoms. The zero-order chi connectivity index (χ0) is 101. The number of aryl methyl sites for hydroxylation is 4. The van der Waals surface area contributed by atoms with Crippen molar-refractivity contribution in [1.82, 2.24) is 0 Å². The number of fused-ring (bicyclic) bond motifs is 2. The molecule has 0 amide bonds. The van der Waals surface area contributed by atoms with Gasteiger partial charge < -0.3 is 29.7 Å². The number of halogens is 1. The minimum atomic E-state index is -0.446. The molecule has 0 unspecified atom stereocenters. The van der Waals surface area contributed by atoms with Crippen LogP contribution in [0.2, 0.25) is 0 Å². The number of aromatic hydroxyl groups is 4. The largest absolute Gasteiger partial charge is 0.508 e. The van der Waals surface area contributed by atoms with E-state index >= 15 is 0 Å². The molecule has 0 spiro atoms. The van der Waals surface area contributed by atoms with Crippen LogP contribution in [0.5, 0.6) is 23.0 Å². The first-order valence-electron chi connectivity index (χ1n) is 49.7. The first kappa shape index (κ1) is 106. The molecule has 1 fully saturated rings. The fourth-order valence-electron chi connectivity index (χ4n) is 18.4. The summed E-state index contributed by atoms with van der Waals surface area (Å²) in [6.45, 7) is 12.7. The zero-order valence-electron chi connectivity index (χ0n) is 83.5. The van der Waals surface area contributed by atoms with Crippen molar-refractivity contribution in [3.63, 3.8) is 0 Å². The summed E-state index contributed by atoms with van der Waals surface area (Å²) in [5, 5.41) is 55.5. The predicted octanol–water partition coefficient (Wildman–Crippen LogP) is 27.3. The van der Waals surface area contributed by atoms with Gasteiger partial charge in [0.15, 0.2) is 0 Å². The predicted molar refractivity (Wildman–Crippen MR) is 627 cm³/mol. The van der Waals surface area contributed by atoms with Gasteiger partial charge in [-0.15, -0.1) is 0 Å². The summed E-state index contributed by atoms with van der Waals surface area (Å²) in [5.41, 5.74) is 14.8. The van der Waals surface area contributed by atoms with Crippen molar-refractivity contribution in [2.24, 2.45) is 0 Å². The van der Waals surface area contributed by atoms with Crippen molar-refractivity contribution in [1.29, 1.82) is 0 Å². The number of hydrogen-bond donors (Lipinski definition) is 4. The Hall–Kier alpha value is -13.6. The van der Waals surface area contributed by atoms with E-state index in [2.05, 4.69) is 494 Å². The van der Waals surface area contributed by atoms with Crippen LogP contribution < -0.4 is 69.1 Å². The van der Waals surface area contributed by atoms with E-state index in [1.54, 1.807) is 48.5 Å². The average Bonchev–Trinajstić information content (AvgIpc) is 1.55. The van der Waals surface area contributed by atoms with Gasteiger partial charge in [0.2, 0.25) is 0 Å². The molecular weight excluding hydrogens is 2030 g/mol. The van der Waals surface area contributed by atoms with Crippen LogP contribution in [0.15, 0.2) is 550 Å². The second-order valence-electron chi connectivity index (χ2n) is 37.5. The van der Waals surface area contributed by atoms with E-state index in [1.165, 1.54) is 123 Å². The Balaban J connectivity index is 0.000000123. The molecule has 6 nitrogen and oxygen atoms in total. The normalized spacial score (nSPS) is 12.7. The fraction of sp³-hybridized carbons (Fsp3) is 0.104. The maximum absolute atomic E-state index is 9.78. The zero-order valence-corrected chi connectivity index (χ0v) is 90.2. The monoisotopic (exact) mass is 2140 g/mol. The SMILES string of the molecule is CC(c1ccc(O)cc1)(c1ccc(O)cc1)c1ccc(-c2ccc3c(c2)CC3)cc1.CC(c1ccc(O)cc1)(c1ccc(O)cc1)c1ccc(Br)cc1.CC1(C)OB(c2ccc3c(c2)CC3)OC1(C)C.[Pd].c1ccc(P(c2ccccc2)c2ccccc2)cc1.c1ccc(P(c2ccccc2)c2ccccc2)cc1.c1ccc(P(c2ccccc2)c2ccccc2)cc1.c1ccc(P(c2ccccc2)c2ccccc2)cc1. The molecule has 20 aromatic rings. The van der Waals surface area contributed by atoms with Crippen molar-refractivity contribution in [3.8, 4) is 34.1 Å². The first-order valence-corrected chi connectivity index (χ1v) is 55.8. The minimum absolute atomic E-state index is 0. The maximum Gasteiger partial charge on any atom is 0.494 e. The first-order chi connectivity index (χ1) is 71.2. The second-order valence-corrected chi connectivity index (χ2v) is 47.3. The van der Waals surface area contributed by atoms with Crippen LogP contribution in [0.1, 0.15) is 97.2 Å². The van der Waals surface area contributed by atoms with Crippen LogP contribution in [0, 0.1) is 0 Å². The Labute approximate surface area is 896 Å². The van der Waals surface area contributed by atoms with E-state index in [9.17, 15) is 20.4 Å². The molecule has 3 aliphatic rings. The summed E-state index contributed by atoms with van der Waals surface area (Å²) in [4.78, 5) is 0. The maximum atomic E-state index is 9.78. The van der Waals surface area contributed by atoms with Crippen LogP contribution in [0.25, 0.3) is 11.1 Å². The number of phenolic OH excluding ortho intramolecular Hbond substituents is 4. The van der Waals surface area contributed by atoms with Gasteiger partial charge in [0.1, 0.15) is 23.0 Å². The molecule has 0 radical (unpaired) electrons. The third kappa shape index (κ3) is 26.9. The van der Waals surface area contributed by atoms with Crippen LogP contribution in [0.4, 0.5) is 0 Å². The Morgan fingerprint density at radius 2 is 0.395 bits per heavy atom. The van der Waals surface area contributed by atoms with Crippen LogP contribution in [-0.4, -0.2) is 38.7 Å². The molecule has 4 N–H and O–H groups in total. The Kier molecular flexibility index (Phi) is 37.0. The number of hydrogen-bond acceptors (Lipinski definition) is 6. The molecule has 1 saturated heterocycles. The van der Waals surface area contributed by atoms with E-state index in [4.69, 9.17) is 9.31 Å². The number of phenols is 4. The molecule has 1 heterocycles. The van der Waals surface area contributed by atoms with Gasteiger partial charge in [-0.3, -0.25) is 0 Å². The van der Waals surface area contributed by atoms with E-state index in [1.807, 2.05) is 60.7 Å². The van der Waals surface area contributed by atoms with Gasteiger partial charge in [-0.05, 0) is 295 Å². The van der Waals surface area contributed by atoms with Crippen molar-refractivity contribution < 1.29 is 50.2 Å². The molecule has 1 aliphatic heterocycles. The Morgan fingerprint density at radius 1 is 0.218 bits per heavy atom. The third-order valence-electron chi connectivity index (χ3n) is 27.5. The van der Waals surface area contributed by atoms with Crippen LogP contribution in [0.3, 0.4) is 0 Å². The smallest absolute Gasteiger partial charge is 0.494 e. The van der Waals surface area contributed by atoms with Gasteiger partial charge in [-0.2, -0.15) is 0 Å². The molecule has 0 saturated carbocycles. The molecule has 732 valence electrons. The summed E-state index contributed by atoms with van der Waals surface area (Å²) >= 11 is 3.48. The van der Waals surface area contributed by atoms with E-state index < -0.39 is 37.1 Å². The third-order valence-corrected chi connectivity index (χ3v) is 37.8. The molecule has 0 bridgehead atoms. The van der Waals surface area contributed by atoms with E-state index in [-0.39, 0.29) is 67.2 Å². The molecule has 2 aliphatic carbocycles. The van der Waals surface area contributed by atoms with E-state index in [0.717, 1.165) is 43.3 Å². The average molecular weight is 2150 g/mol. The van der Waals surface area contributed by atoms with Crippen molar-refractivity contribution in [3.05, 3.63) is 606 Å². The van der Waals surface area contributed by atoms with Crippen molar-refractivity contribution >= 4 is 124 Å². The van der Waals surface area contributed by atoms with Crippen LogP contribution >= 0.6 is 47.6 Å². The van der Waals surface area contributed by atoms with E-state index in [0.29, 0.717) is 0 Å². The summed E-state index contributed by atoms with van der Waals surface area (Å²) in [5.74, 6) is 1.00. The summed E-state index contributed by atoms with van der Waals surface area (Å²) in [6.07, 6.45) is 4.80. The Bertz CT molecular complexity index is 6410. The standard InChI is InChI=1S/C28H24O2.C20H17BrO2.4C18H15P.C14H19BO2.Pd/c1-28(24-10-14-26(29)15-11-24,25-12-16-27(30)17-13-25)23-8-6-20(7-9-23)22-5-3-19-2-4-21(19)18-22;1-20(14-2-8-17(21)9-3-14,15-4-10-18(22)11-5-15)16-6-12-19(23)13-7-16;4*1-4-10-16(11-5-1)19(17-12-6-2-7-13-17)18-14-8-3-9-15-18;1-13(2)14(3,4)17-15(16-13)12-8-7-10-5-6-11(10)9-12;/h3,5-18,29-30H,2,4H2,1H3;2-13,22-23H,1H3;4*1-15H;7-9H,5-6H2,1-4H3;. The molecule has 23 rings (SSSR count). The van der Waals surface area contributed by atoms with Gasteiger partial charge in [0, 0.05) is 35.7 Å². The number of rotatable bonds is 20. The minimum Gasteiger partial charge on any atom is -0.508 e. The van der Waals surface area contributed by atoms with Gasteiger partial charge in [0.25, 0.3) is 0 Å². The van der Waals surface area contributed by atoms with Crippen molar-refractivity contribution in [2.75, 3.05) is 0 Å². The summed E-state index contributed by atoms with van der Waals surface area (Å²) in [7, 11) is -2.00. The topological polar surface area (TPSA) is 99.4 Å². The molecule has 20 aromatic carbocycles. The summed E-state index contributed by atoms with van der Waals surface area (Å²) in [6, 6.07) is 189. The summed E-state index contributed by atoms with van der Waals surface area (Å²) < 4.78 is 13.1. The van der Waals surface area contributed by atoms with Gasteiger partial charge in [-0.25, -0.2) is 0 Å². The number of benzene rings is 20.